The summed E-state index contributed by atoms with van der Waals surface area (Å²) >= 11 is 1.58. The zero-order chi connectivity index (χ0) is 17.3. The minimum absolute atomic E-state index is 0.306. The van der Waals surface area contributed by atoms with Crippen LogP contribution in [0.2, 0.25) is 0 Å². The first-order chi connectivity index (χ1) is 11.5. The topological polar surface area (TPSA) is 55.0 Å². The monoisotopic (exact) mass is 340 g/mol. The van der Waals surface area contributed by atoms with E-state index in [1.165, 1.54) is 5.56 Å². The molecule has 2 aromatic heterocycles. The van der Waals surface area contributed by atoms with Crippen molar-refractivity contribution in [2.75, 3.05) is 6.61 Å². The van der Waals surface area contributed by atoms with Crippen LogP contribution in [0.1, 0.15) is 34.2 Å². The minimum Gasteiger partial charge on any atom is -0.462 e. The predicted octanol–water partition coefficient (Wildman–Crippen LogP) is 4.91. The van der Waals surface area contributed by atoms with E-state index in [9.17, 15) is 4.79 Å². The zero-order valence-corrected chi connectivity index (χ0v) is 15.1. The van der Waals surface area contributed by atoms with Crippen molar-refractivity contribution < 1.29 is 9.53 Å². The first-order valence-electron chi connectivity index (χ1n) is 7.90. The van der Waals surface area contributed by atoms with Crippen molar-refractivity contribution in [3.05, 3.63) is 52.2 Å². The highest BCUT2D eigenvalue weighted by molar-refractivity contribution is 7.13. The summed E-state index contributed by atoms with van der Waals surface area (Å²) in [4.78, 5) is 20.3. The van der Waals surface area contributed by atoms with E-state index in [-0.39, 0.29) is 5.97 Å². The van der Waals surface area contributed by atoms with Gasteiger partial charge in [0.2, 0.25) is 0 Å². The standard InChI is InChI=1S/C19H20N2O2S/c1-5-23-19(22)17-13(4)20-12(3)16(17)15-10-24-18(21-15)14-8-6-7-11(2)9-14/h6-10,20H,5H2,1-4H3. The molecule has 0 aliphatic carbocycles. The Balaban J connectivity index is 2.06. The number of esters is 1. The molecule has 0 amide bonds. The minimum atomic E-state index is -0.306. The average Bonchev–Trinajstić information content (AvgIpc) is 3.11. The Labute approximate surface area is 145 Å². The molecule has 2 heterocycles. The summed E-state index contributed by atoms with van der Waals surface area (Å²) < 4.78 is 5.21. The van der Waals surface area contributed by atoms with Gasteiger partial charge in [0.1, 0.15) is 5.01 Å². The summed E-state index contributed by atoms with van der Waals surface area (Å²) in [6.07, 6.45) is 0. The Morgan fingerprint density at radius 3 is 2.75 bits per heavy atom. The number of thiazole rings is 1. The molecular weight excluding hydrogens is 320 g/mol. The number of carbonyl (C=O) groups excluding carboxylic acids is 1. The second-order valence-corrected chi connectivity index (χ2v) is 6.61. The molecule has 0 aliphatic rings. The number of nitrogens with zero attached hydrogens (tertiary/aromatic N) is 1. The summed E-state index contributed by atoms with van der Waals surface area (Å²) in [6.45, 7) is 8.07. The maximum absolute atomic E-state index is 12.3. The number of aromatic amines is 1. The Kier molecular flexibility index (Phi) is 4.53. The smallest absolute Gasteiger partial charge is 0.340 e. The number of aromatic nitrogens is 2. The third-order valence-corrected chi connectivity index (χ3v) is 4.77. The molecule has 0 radical (unpaired) electrons. The van der Waals surface area contributed by atoms with Crippen molar-refractivity contribution in [2.45, 2.75) is 27.7 Å². The highest BCUT2D eigenvalue weighted by Crippen LogP contribution is 2.34. The first kappa shape index (κ1) is 16.5. The molecule has 1 N–H and O–H groups in total. The van der Waals surface area contributed by atoms with Crippen LogP contribution in [-0.2, 0) is 4.74 Å². The summed E-state index contributed by atoms with van der Waals surface area (Å²) in [5.74, 6) is -0.306. The number of benzene rings is 1. The number of nitrogens with one attached hydrogen (secondary N) is 1. The molecule has 124 valence electrons. The van der Waals surface area contributed by atoms with Crippen LogP contribution in [0.25, 0.3) is 21.8 Å². The molecule has 0 saturated carbocycles. The number of H-pyrrole nitrogens is 1. The van der Waals surface area contributed by atoms with Gasteiger partial charge >= 0.3 is 5.97 Å². The molecule has 0 aliphatic heterocycles. The molecule has 0 fully saturated rings. The lowest BCUT2D eigenvalue weighted by Crippen LogP contribution is -2.06. The number of hydrogen-bond donors (Lipinski definition) is 1. The molecule has 0 bridgehead atoms. The number of rotatable bonds is 4. The van der Waals surface area contributed by atoms with Gasteiger partial charge in [-0.3, -0.25) is 0 Å². The number of carbonyl (C=O) groups is 1. The van der Waals surface area contributed by atoms with Crippen LogP contribution < -0.4 is 0 Å². The van der Waals surface area contributed by atoms with Gasteiger partial charge in [-0.25, -0.2) is 9.78 Å². The molecule has 1 aromatic carbocycles. The third kappa shape index (κ3) is 2.99. The van der Waals surface area contributed by atoms with Crippen LogP contribution >= 0.6 is 11.3 Å². The highest BCUT2D eigenvalue weighted by Gasteiger charge is 2.23. The van der Waals surface area contributed by atoms with E-state index in [0.29, 0.717) is 12.2 Å². The maximum Gasteiger partial charge on any atom is 0.340 e. The summed E-state index contributed by atoms with van der Waals surface area (Å²) in [5.41, 5.74) is 6.25. The van der Waals surface area contributed by atoms with E-state index >= 15 is 0 Å². The number of aryl methyl sites for hydroxylation is 3. The fourth-order valence-electron chi connectivity index (χ4n) is 2.86. The van der Waals surface area contributed by atoms with Crippen molar-refractivity contribution in [2.24, 2.45) is 0 Å². The second kappa shape index (κ2) is 6.61. The average molecular weight is 340 g/mol. The summed E-state index contributed by atoms with van der Waals surface area (Å²) in [7, 11) is 0. The summed E-state index contributed by atoms with van der Waals surface area (Å²) in [6, 6.07) is 8.26. The van der Waals surface area contributed by atoms with Gasteiger partial charge in [0, 0.05) is 27.9 Å². The Hall–Kier alpha value is -2.40. The van der Waals surface area contributed by atoms with Gasteiger partial charge in [-0.05, 0) is 33.8 Å². The van der Waals surface area contributed by atoms with E-state index in [4.69, 9.17) is 9.72 Å². The summed E-state index contributed by atoms with van der Waals surface area (Å²) in [5, 5.41) is 2.94. The zero-order valence-electron chi connectivity index (χ0n) is 14.3. The number of ether oxygens (including phenoxy) is 1. The van der Waals surface area contributed by atoms with Crippen LogP contribution in [-0.4, -0.2) is 22.5 Å². The fraction of sp³-hybridized carbons (Fsp3) is 0.263. The SMILES string of the molecule is CCOC(=O)c1c(C)[nH]c(C)c1-c1csc(-c2cccc(C)c2)n1. The van der Waals surface area contributed by atoms with E-state index in [1.807, 2.05) is 32.2 Å². The Bertz CT molecular complexity index is 893. The Morgan fingerprint density at radius 1 is 1.25 bits per heavy atom. The van der Waals surface area contributed by atoms with Crippen molar-refractivity contribution >= 4 is 17.3 Å². The first-order valence-corrected chi connectivity index (χ1v) is 8.78. The molecular formula is C19H20N2O2S. The largest absolute Gasteiger partial charge is 0.462 e. The molecule has 3 rings (SSSR count). The van der Waals surface area contributed by atoms with Gasteiger partial charge in [0.05, 0.1) is 17.9 Å². The maximum atomic E-state index is 12.3. The van der Waals surface area contributed by atoms with Crippen molar-refractivity contribution in [1.82, 2.24) is 9.97 Å². The van der Waals surface area contributed by atoms with Gasteiger partial charge in [-0.2, -0.15) is 0 Å². The van der Waals surface area contributed by atoms with Crippen LogP contribution in [0, 0.1) is 20.8 Å². The van der Waals surface area contributed by atoms with E-state index in [2.05, 4.69) is 30.1 Å². The molecule has 3 aromatic rings. The molecule has 0 spiro atoms. The van der Waals surface area contributed by atoms with Crippen LogP contribution in [0.3, 0.4) is 0 Å². The van der Waals surface area contributed by atoms with Gasteiger partial charge in [-0.1, -0.05) is 23.8 Å². The van der Waals surface area contributed by atoms with Crippen molar-refractivity contribution in [1.29, 1.82) is 0 Å². The lowest BCUT2D eigenvalue weighted by molar-refractivity contribution is 0.0526. The third-order valence-electron chi connectivity index (χ3n) is 3.88. The highest BCUT2D eigenvalue weighted by atomic mass is 32.1. The van der Waals surface area contributed by atoms with Gasteiger partial charge in [-0.15, -0.1) is 11.3 Å². The van der Waals surface area contributed by atoms with Gasteiger partial charge < -0.3 is 9.72 Å². The van der Waals surface area contributed by atoms with Crippen LogP contribution in [0.15, 0.2) is 29.6 Å². The fourth-order valence-corrected chi connectivity index (χ4v) is 3.67. The van der Waals surface area contributed by atoms with Gasteiger partial charge in [0.15, 0.2) is 0 Å². The van der Waals surface area contributed by atoms with Crippen LogP contribution in [0.4, 0.5) is 0 Å². The molecule has 4 nitrogen and oxygen atoms in total. The molecule has 0 saturated heterocycles. The molecule has 0 unspecified atom stereocenters. The van der Waals surface area contributed by atoms with Crippen molar-refractivity contribution in [3.63, 3.8) is 0 Å². The Morgan fingerprint density at radius 2 is 2.04 bits per heavy atom. The van der Waals surface area contributed by atoms with Crippen LogP contribution in [0.5, 0.6) is 0 Å². The van der Waals surface area contributed by atoms with E-state index in [1.54, 1.807) is 11.3 Å². The van der Waals surface area contributed by atoms with Gasteiger partial charge in [0.25, 0.3) is 0 Å². The molecule has 0 atom stereocenters. The lowest BCUT2D eigenvalue weighted by Gasteiger charge is -2.04. The van der Waals surface area contributed by atoms with Crippen molar-refractivity contribution in [3.8, 4) is 21.8 Å². The normalized spacial score (nSPS) is 10.8. The van der Waals surface area contributed by atoms with E-state index in [0.717, 1.165) is 33.2 Å². The van der Waals surface area contributed by atoms with E-state index < -0.39 is 0 Å². The quantitative estimate of drug-likeness (QED) is 0.687. The number of hydrogen-bond acceptors (Lipinski definition) is 4. The second-order valence-electron chi connectivity index (χ2n) is 5.75. The predicted molar refractivity (Wildman–Crippen MR) is 97.5 cm³/mol. The lowest BCUT2D eigenvalue weighted by atomic mass is 10.1. The molecule has 5 heteroatoms. The molecule has 24 heavy (non-hydrogen) atoms.